The van der Waals surface area contributed by atoms with E-state index in [2.05, 4.69) is 15.0 Å². The Morgan fingerprint density at radius 1 is 1.10 bits per heavy atom. The smallest absolute Gasteiger partial charge is 0.337 e. The molecule has 156 valence electrons. The quantitative estimate of drug-likeness (QED) is 0.233. The summed E-state index contributed by atoms with van der Waals surface area (Å²) in [6.45, 7) is 1.79. The van der Waals surface area contributed by atoms with Crippen molar-refractivity contribution < 1.29 is 18.8 Å². The van der Waals surface area contributed by atoms with E-state index in [0.29, 0.717) is 36.2 Å². The van der Waals surface area contributed by atoms with E-state index in [-0.39, 0.29) is 3.89 Å². The number of carbonyl (C=O) groups is 1. The Morgan fingerprint density at radius 3 is 2.37 bits per heavy atom. The molecule has 0 spiro atoms. The molecule has 1 saturated heterocycles. The molecule has 12 heteroatoms. The number of quaternary nitrogens is 1. The highest BCUT2D eigenvalue weighted by atomic mass is 32.2. The highest BCUT2D eigenvalue weighted by Crippen LogP contribution is 2.32. The minimum atomic E-state index is -2.12. The molecule has 3 aromatic rings. The van der Waals surface area contributed by atoms with Crippen LogP contribution in [0.4, 0.5) is 10.8 Å². The van der Waals surface area contributed by atoms with Crippen LogP contribution in [0.25, 0.3) is 11.1 Å². The van der Waals surface area contributed by atoms with Gasteiger partial charge in [0.25, 0.3) is 5.91 Å². The first kappa shape index (κ1) is 20.5. The summed E-state index contributed by atoms with van der Waals surface area (Å²) in [6, 6.07) is 7.51. The molecule has 1 aromatic carbocycles. The molecule has 1 aliphatic heterocycles. The summed E-state index contributed by atoms with van der Waals surface area (Å²) < 4.78 is 22.4. The number of aromatic nitrogens is 3. The van der Waals surface area contributed by atoms with E-state index in [1.807, 2.05) is 29.2 Å². The van der Waals surface area contributed by atoms with E-state index in [9.17, 15) is 13.6 Å². The molecular weight excluding hydrogens is 428 g/mol. The zero-order valence-corrected chi connectivity index (χ0v) is 17.3. The third-order valence-corrected chi connectivity index (χ3v) is 7.31. The van der Waals surface area contributed by atoms with E-state index < -0.39 is 17.2 Å². The lowest BCUT2D eigenvalue weighted by Gasteiger charge is -2.40. The molecule has 4 rings (SSSR count). The Bertz CT molecular complexity index is 1050. The standard InChI is InChI=1S/C18H18N6O4S2/c25-17(22-26)16-11-21-18(29-16)23-5-7-24(8-6-23,30(27)28)15-3-1-13(2-4-15)14-9-19-12-20-10-14/h1-4,9-12H,5-8H2,(H2-,22,25,26,27,28)/p+1. The van der Waals surface area contributed by atoms with Gasteiger partial charge in [0.1, 0.15) is 30.0 Å². The fourth-order valence-electron chi connectivity index (χ4n) is 3.43. The van der Waals surface area contributed by atoms with E-state index >= 15 is 0 Å². The van der Waals surface area contributed by atoms with Gasteiger partial charge in [-0.05, 0) is 17.7 Å². The molecule has 1 fully saturated rings. The highest BCUT2D eigenvalue weighted by molar-refractivity contribution is 7.78. The lowest BCUT2D eigenvalue weighted by atomic mass is 10.1. The number of hydrogen-bond donors (Lipinski definition) is 3. The summed E-state index contributed by atoms with van der Waals surface area (Å²) in [5.41, 5.74) is 4.14. The topological polar surface area (TPSA) is 129 Å². The van der Waals surface area contributed by atoms with Crippen molar-refractivity contribution in [3.05, 3.63) is 54.1 Å². The van der Waals surface area contributed by atoms with Crippen LogP contribution in [0.5, 0.6) is 0 Å². The van der Waals surface area contributed by atoms with Gasteiger partial charge >= 0.3 is 11.3 Å². The number of hydrogen-bond acceptors (Lipinski definition) is 8. The summed E-state index contributed by atoms with van der Waals surface area (Å²) in [6.07, 6.45) is 6.30. The molecule has 0 aliphatic carbocycles. The Kier molecular flexibility index (Phi) is 5.83. The van der Waals surface area contributed by atoms with E-state index in [1.54, 1.807) is 17.9 Å². The summed E-state index contributed by atoms with van der Waals surface area (Å²) >= 11 is -0.954. The molecule has 3 N–H and O–H groups in total. The third-order valence-electron chi connectivity index (χ3n) is 5.08. The zero-order chi connectivity index (χ0) is 21.1. The van der Waals surface area contributed by atoms with Gasteiger partial charge in [-0.1, -0.05) is 11.3 Å². The molecule has 0 saturated carbocycles. The third kappa shape index (κ3) is 3.82. The Labute approximate surface area is 178 Å². The summed E-state index contributed by atoms with van der Waals surface area (Å²) in [7, 11) is 0. The van der Waals surface area contributed by atoms with E-state index in [1.165, 1.54) is 12.5 Å². The van der Waals surface area contributed by atoms with Crippen molar-refractivity contribution in [2.75, 3.05) is 31.1 Å². The van der Waals surface area contributed by atoms with Crippen LogP contribution in [-0.2, 0) is 11.3 Å². The number of carbonyl (C=O) groups excluding carboxylic acids is 1. The maximum Gasteiger partial charge on any atom is 0.363 e. The van der Waals surface area contributed by atoms with Crippen LogP contribution in [0.1, 0.15) is 9.67 Å². The Balaban J connectivity index is 1.53. The first-order valence-corrected chi connectivity index (χ1v) is 10.9. The molecule has 1 atom stereocenters. The van der Waals surface area contributed by atoms with Crippen LogP contribution in [0.3, 0.4) is 0 Å². The van der Waals surface area contributed by atoms with Gasteiger partial charge in [-0.25, -0.2) is 20.4 Å². The number of hydroxylamine groups is 1. The first-order valence-electron chi connectivity index (χ1n) is 9.03. The molecule has 3 heterocycles. The number of rotatable bonds is 5. The minimum absolute atomic E-state index is 0.0720. The molecule has 30 heavy (non-hydrogen) atoms. The highest BCUT2D eigenvalue weighted by Gasteiger charge is 2.42. The van der Waals surface area contributed by atoms with Crippen LogP contribution in [0, 0.1) is 0 Å². The van der Waals surface area contributed by atoms with Gasteiger partial charge in [-0.2, -0.15) is 8.10 Å². The second-order valence-electron chi connectivity index (χ2n) is 6.68. The zero-order valence-electron chi connectivity index (χ0n) is 15.7. The number of thiazole rings is 1. The fourth-order valence-corrected chi connectivity index (χ4v) is 5.06. The van der Waals surface area contributed by atoms with Crippen LogP contribution < -0.4 is 14.3 Å². The van der Waals surface area contributed by atoms with Crippen LogP contribution >= 0.6 is 11.3 Å². The Morgan fingerprint density at radius 2 is 1.77 bits per heavy atom. The molecule has 1 unspecified atom stereocenters. The summed E-state index contributed by atoms with van der Waals surface area (Å²) in [5, 5.41) is 9.38. The van der Waals surface area contributed by atoms with Gasteiger partial charge in [0.2, 0.25) is 0 Å². The number of amides is 1. The fraction of sp³-hybridized carbons (Fsp3) is 0.222. The molecule has 0 bridgehead atoms. The predicted octanol–water partition coefficient (Wildman–Crippen LogP) is 1.68. The average Bonchev–Trinajstić information content (AvgIpc) is 3.29. The number of anilines is 1. The van der Waals surface area contributed by atoms with Gasteiger partial charge in [0, 0.05) is 30.1 Å². The monoisotopic (exact) mass is 447 g/mol. The van der Waals surface area contributed by atoms with Crippen molar-refractivity contribution in [2.24, 2.45) is 0 Å². The average molecular weight is 448 g/mol. The van der Waals surface area contributed by atoms with Gasteiger partial charge in [-0.3, -0.25) is 14.6 Å². The summed E-state index contributed by atoms with van der Waals surface area (Å²) in [5.74, 6) is -0.610. The van der Waals surface area contributed by atoms with Gasteiger partial charge < -0.3 is 4.90 Å². The SMILES string of the molecule is O=C(NO)c1cnc(N2CC[N+](c3ccc(-c4cncnc4)cc3)(S(=O)O)CC2)s1. The normalized spacial score (nSPS) is 16.8. The van der Waals surface area contributed by atoms with E-state index in [4.69, 9.17) is 5.21 Å². The molecule has 1 aliphatic rings. The number of nitrogens with one attached hydrogen (secondary N) is 1. The second-order valence-corrected chi connectivity index (χ2v) is 8.85. The molecule has 1 amide bonds. The van der Waals surface area contributed by atoms with Gasteiger partial charge in [0.15, 0.2) is 5.13 Å². The minimum Gasteiger partial charge on any atom is -0.337 e. The number of piperazine rings is 1. The Hall–Kier alpha value is -2.77. The maximum absolute atomic E-state index is 12.4. The van der Waals surface area contributed by atoms with Crippen molar-refractivity contribution in [1.82, 2.24) is 24.3 Å². The van der Waals surface area contributed by atoms with Crippen molar-refractivity contribution in [3.63, 3.8) is 0 Å². The molecule has 2 aromatic heterocycles. The van der Waals surface area contributed by atoms with Crippen LogP contribution in [0.15, 0.2) is 49.2 Å². The van der Waals surface area contributed by atoms with Gasteiger partial charge in [0.05, 0.1) is 19.3 Å². The van der Waals surface area contributed by atoms with Crippen molar-refractivity contribution in [3.8, 4) is 11.1 Å². The molecule has 10 nitrogen and oxygen atoms in total. The van der Waals surface area contributed by atoms with Crippen LogP contribution in [-0.4, -0.2) is 61.0 Å². The molecular formula is C18H19N6O4S2+. The predicted molar refractivity (Wildman–Crippen MR) is 113 cm³/mol. The number of nitrogens with zero attached hydrogens (tertiary/aromatic N) is 5. The first-order chi connectivity index (χ1) is 14.5. The largest absolute Gasteiger partial charge is 0.363 e. The van der Waals surface area contributed by atoms with Crippen molar-refractivity contribution in [2.45, 2.75) is 0 Å². The van der Waals surface area contributed by atoms with Crippen LogP contribution in [0.2, 0.25) is 0 Å². The van der Waals surface area contributed by atoms with Crippen molar-refractivity contribution >= 4 is 39.3 Å². The van der Waals surface area contributed by atoms with Gasteiger partial charge in [-0.15, -0.1) is 0 Å². The number of benzene rings is 1. The lowest BCUT2D eigenvalue weighted by molar-refractivity contribution is 0.0710. The van der Waals surface area contributed by atoms with Crippen molar-refractivity contribution in [1.29, 1.82) is 0 Å². The molecule has 0 radical (unpaired) electrons. The lowest BCUT2D eigenvalue weighted by Crippen LogP contribution is -2.61. The van der Waals surface area contributed by atoms with E-state index in [0.717, 1.165) is 28.2 Å². The maximum atomic E-state index is 12.4. The summed E-state index contributed by atoms with van der Waals surface area (Å²) in [4.78, 5) is 26.1. The second kappa shape index (κ2) is 8.53.